The third kappa shape index (κ3) is 3.05. The number of para-hydroxylation sites is 1. The third-order valence-electron chi connectivity index (χ3n) is 1.83. The summed E-state index contributed by atoms with van der Waals surface area (Å²) >= 11 is 0. The molecule has 0 radical (unpaired) electrons. The maximum atomic E-state index is 8.79. The smallest absolute Gasteiger partial charge is 0.0604 e. The van der Waals surface area contributed by atoms with Gasteiger partial charge in [-0.15, -0.1) is 0 Å². The second-order valence-electron chi connectivity index (χ2n) is 2.78. The lowest BCUT2D eigenvalue weighted by atomic mass is 10.1. The van der Waals surface area contributed by atoms with Crippen LogP contribution >= 0.6 is 0 Å². The third-order valence-corrected chi connectivity index (χ3v) is 1.83. The van der Waals surface area contributed by atoms with Crippen molar-refractivity contribution in [3.05, 3.63) is 29.8 Å². The summed E-state index contributed by atoms with van der Waals surface area (Å²) in [7, 11) is 0. The molecule has 72 valence electrons. The molecule has 3 N–H and O–H groups in total. The number of aliphatic hydroxyl groups excluding tert-OH is 2. The molecule has 13 heavy (non-hydrogen) atoms. The minimum absolute atomic E-state index is 0.119. The summed E-state index contributed by atoms with van der Waals surface area (Å²) in [5.74, 6) is 0. The Bertz CT molecular complexity index is 250. The number of hydrogen-bond acceptors (Lipinski definition) is 3. The lowest BCUT2D eigenvalue weighted by Crippen LogP contribution is -2.08. The Morgan fingerprint density at radius 1 is 1.08 bits per heavy atom. The highest BCUT2D eigenvalue weighted by molar-refractivity contribution is 5.51. The molecule has 0 bridgehead atoms. The average molecular weight is 181 g/mol. The monoisotopic (exact) mass is 181 g/mol. The molecule has 0 aromatic heterocycles. The summed E-state index contributed by atoms with van der Waals surface area (Å²) in [6.45, 7) is 0.813. The van der Waals surface area contributed by atoms with Crippen LogP contribution in [0.5, 0.6) is 0 Å². The quantitative estimate of drug-likeness (QED) is 0.624. The molecule has 0 saturated carbocycles. The molecule has 1 aromatic rings. The van der Waals surface area contributed by atoms with Crippen LogP contribution in [0.2, 0.25) is 0 Å². The summed E-state index contributed by atoms with van der Waals surface area (Å²) in [4.78, 5) is 0. The Morgan fingerprint density at radius 2 is 1.85 bits per heavy atom. The van der Waals surface area contributed by atoms with Crippen molar-refractivity contribution < 1.29 is 10.2 Å². The zero-order chi connectivity index (χ0) is 9.52. The van der Waals surface area contributed by atoms with E-state index in [-0.39, 0.29) is 13.2 Å². The molecule has 0 spiro atoms. The zero-order valence-corrected chi connectivity index (χ0v) is 7.53. The topological polar surface area (TPSA) is 52.5 Å². The molecule has 0 saturated heterocycles. The highest BCUT2D eigenvalue weighted by atomic mass is 16.3. The number of benzene rings is 1. The Hall–Kier alpha value is -1.06. The summed E-state index contributed by atoms with van der Waals surface area (Å²) in [6, 6.07) is 7.78. The molecule has 0 aliphatic rings. The van der Waals surface area contributed by atoms with E-state index < -0.39 is 0 Å². The van der Waals surface area contributed by atoms with E-state index in [0.29, 0.717) is 13.0 Å². The van der Waals surface area contributed by atoms with Crippen molar-refractivity contribution in [2.75, 3.05) is 25.1 Å². The first kappa shape index (κ1) is 10.0. The van der Waals surface area contributed by atoms with Gasteiger partial charge in [0, 0.05) is 18.8 Å². The predicted octanol–water partition coefficient (Wildman–Crippen LogP) is 0.626. The molecule has 0 fully saturated rings. The normalized spacial score (nSPS) is 10.0. The van der Waals surface area contributed by atoms with Crippen molar-refractivity contribution in [2.45, 2.75) is 6.42 Å². The predicted molar refractivity (Wildman–Crippen MR) is 52.8 cm³/mol. The van der Waals surface area contributed by atoms with E-state index in [1.54, 1.807) is 0 Å². The van der Waals surface area contributed by atoms with Crippen LogP contribution in [0.25, 0.3) is 0 Å². The zero-order valence-electron chi connectivity index (χ0n) is 7.53. The van der Waals surface area contributed by atoms with Gasteiger partial charge < -0.3 is 15.5 Å². The van der Waals surface area contributed by atoms with Crippen LogP contribution in [0, 0.1) is 0 Å². The number of anilines is 1. The molecule has 0 aliphatic heterocycles. The highest BCUT2D eigenvalue weighted by Crippen LogP contribution is 2.14. The first-order valence-electron chi connectivity index (χ1n) is 4.42. The van der Waals surface area contributed by atoms with Crippen LogP contribution in [0.1, 0.15) is 5.56 Å². The van der Waals surface area contributed by atoms with Crippen molar-refractivity contribution in [1.29, 1.82) is 0 Å². The van der Waals surface area contributed by atoms with Crippen molar-refractivity contribution in [2.24, 2.45) is 0 Å². The van der Waals surface area contributed by atoms with E-state index in [1.807, 2.05) is 24.3 Å². The number of hydrogen-bond donors (Lipinski definition) is 3. The Labute approximate surface area is 78.0 Å². The molecule has 0 amide bonds. The molecule has 0 aliphatic carbocycles. The van der Waals surface area contributed by atoms with Crippen molar-refractivity contribution in [1.82, 2.24) is 0 Å². The Kier molecular flexibility index (Phi) is 4.29. The molecule has 1 aromatic carbocycles. The fraction of sp³-hybridized carbons (Fsp3) is 0.400. The maximum Gasteiger partial charge on any atom is 0.0604 e. The standard InChI is InChI=1S/C10H15NO2/c12-7-5-9-3-1-2-4-10(9)11-6-8-13/h1-4,11-13H,5-8H2. The van der Waals surface area contributed by atoms with Gasteiger partial charge in [0.05, 0.1) is 6.61 Å². The minimum Gasteiger partial charge on any atom is -0.396 e. The molecule has 0 atom stereocenters. The Morgan fingerprint density at radius 3 is 2.54 bits per heavy atom. The van der Waals surface area contributed by atoms with E-state index in [1.165, 1.54) is 0 Å². The first-order chi connectivity index (χ1) is 6.38. The minimum atomic E-state index is 0.119. The maximum absolute atomic E-state index is 8.79. The van der Waals surface area contributed by atoms with Gasteiger partial charge in [0.15, 0.2) is 0 Å². The second kappa shape index (κ2) is 5.56. The summed E-state index contributed by atoms with van der Waals surface area (Å²) in [5.41, 5.74) is 2.07. The summed E-state index contributed by atoms with van der Waals surface area (Å²) in [6.07, 6.45) is 0.647. The van der Waals surface area contributed by atoms with E-state index >= 15 is 0 Å². The fourth-order valence-electron chi connectivity index (χ4n) is 1.22. The fourth-order valence-corrected chi connectivity index (χ4v) is 1.22. The van der Waals surface area contributed by atoms with Gasteiger partial charge >= 0.3 is 0 Å². The van der Waals surface area contributed by atoms with E-state index in [4.69, 9.17) is 10.2 Å². The van der Waals surface area contributed by atoms with Gasteiger partial charge in [0.25, 0.3) is 0 Å². The largest absolute Gasteiger partial charge is 0.396 e. The molecule has 0 unspecified atom stereocenters. The van der Waals surface area contributed by atoms with Gasteiger partial charge in [0.2, 0.25) is 0 Å². The van der Waals surface area contributed by atoms with E-state index in [0.717, 1.165) is 11.3 Å². The van der Waals surface area contributed by atoms with Gasteiger partial charge in [-0.3, -0.25) is 0 Å². The van der Waals surface area contributed by atoms with Crippen LogP contribution in [0.3, 0.4) is 0 Å². The van der Waals surface area contributed by atoms with Gasteiger partial charge in [-0.2, -0.15) is 0 Å². The molecular formula is C10H15NO2. The van der Waals surface area contributed by atoms with Gasteiger partial charge in [-0.25, -0.2) is 0 Å². The Balaban J connectivity index is 2.66. The van der Waals surface area contributed by atoms with Crippen LogP contribution in [-0.4, -0.2) is 30.0 Å². The molecule has 3 heteroatoms. The molecule has 3 nitrogen and oxygen atoms in total. The summed E-state index contributed by atoms with van der Waals surface area (Å²) < 4.78 is 0. The van der Waals surface area contributed by atoms with Crippen LogP contribution in [-0.2, 0) is 6.42 Å². The van der Waals surface area contributed by atoms with Crippen LogP contribution in [0.4, 0.5) is 5.69 Å². The highest BCUT2D eigenvalue weighted by Gasteiger charge is 1.98. The summed E-state index contributed by atoms with van der Waals surface area (Å²) in [5, 5.41) is 20.5. The van der Waals surface area contributed by atoms with Crippen molar-refractivity contribution in [3.8, 4) is 0 Å². The number of nitrogens with one attached hydrogen (secondary N) is 1. The van der Waals surface area contributed by atoms with Crippen LogP contribution in [0.15, 0.2) is 24.3 Å². The van der Waals surface area contributed by atoms with Crippen molar-refractivity contribution >= 4 is 5.69 Å². The molecular weight excluding hydrogens is 166 g/mol. The lowest BCUT2D eigenvalue weighted by Gasteiger charge is -2.09. The van der Waals surface area contributed by atoms with Gasteiger partial charge in [-0.1, -0.05) is 18.2 Å². The second-order valence-corrected chi connectivity index (χ2v) is 2.78. The SMILES string of the molecule is OCCNc1ccccc1CCO. The van der Waals surface area contributed by atoms with Crippen molar-refractivity contribution in [3.63, 3.8) is 0 Å². The van der Waals surface area contributed by atoms with Gasteiger partial charge in [0.1, 0.15) is 0 Å². The average Bonchev–Trinajstić information content (AvgIpc) is 2.17. The van der Waals surface area contributed by atoms with Crippen LogP contribution < -0.4 is 5.32 Å². The van der Waals surface area contributed by atoms with Gasteiger partial charge in [-0.05, 0) is 18.1 Å². The number of rotatable bonds is 5. The molecule has 1 rings (SSSR count). The first-order valence-corrected chi connectivity index (χ1v) is 4.42. The van der Waals surface area contributed by atoms with E-state index in [2.05, 4.69) is 5.32 Å². The van der Waals surface area contributed by atoms with E-state index in [9.17, 15) is 0 Å². The lowest BCUT2D eigenvalue weighted by molar-refractivity contribution is 0.299. The molecule has 0 heterocycles. The number of aliphatic hydroxyl groups is 2.